The van der Waals surface area contributed by atoms with Gasteiger partial charge in [0.15, 0.2) is 5.13 Å². The summed E-state index contributed by atoms with van der Waals surface area (Å²) in [4.78, 5) is 22.3. The maximum atomic E-state index is 13.4. The summed E-state index contributed by atoms with van der Waals surface area (Å²) in [6.07, 6.45) is 0. The summed E-state index contributed by atoms with van der Waals surface area (Å²) >= 11 is 1.57. The molecule has 0 saturated heterocycles. The van der Waals surface area contributed by atoms with Gasteiger partial charge < -0.3 is 9.64 Å². The number of nitrogens with zero attached hydrogens (tertiary/aromatic N) is 3. The van der Waals surface area contributed by atoms with Crippen molar-refractivity contribution in [3.05, 3.63) is 53.6 Å². The second-order valence-electron chi connectivity index (χ2n) is 6.91. The highest BCUT2D eigenvalue weighted by Crippen LogP contribution is 2.30. The number of hydrogen-bond acceptors (Lipinski definition) is 5. The van der Waals surface area contributed by atoms with Crippen LogP contribution in [-0.4, -0.2) is 48.6 Å². The molecule has 2 aromatic carbocycles. The third-order valence-electron chi connectivity index (χ3n) is 4.96. The third-order valence-corrected chi connectivity index (χ3v) is 6.00. The molecule has 1 heterocycles. The van der Waals surface area contributed by atoms with Crippen molar-refractivity contribution in [3.63, 3.8) is 0 Å². The monoisotopic (exact) mass is 411 g/mol. The molecular formula is C23H29N3O2S. The van der Waals surface area contributed by atoms with Crippen molar-refractivity contribution in [2.24, 2.45) is 0 Å². The molecular weight excluding hydrogens is 382 g/mol. The van der Waals surface area contributed by atoms with Crippen LogP contribution in [0.2, 0.25) is 0 Å². The number of aromatic nitrogens is 1. The molecule has 0 aliphatic rings. The maximum absolute atomic E-state index is 13.4. The van der Waals surface area contributed by atoms with Gasteiger partial charge in [-0.1, -0.05) is 31.3 Å². The Bertz CT molecular complexity index is 948. The maximum Gasteiger partial charge on any atom is 0.260 e. The number of rotatable bonds is 9. The van der Waals surface area contributed by atoms with Crippen molar-refractivity contribution in [1.29, 1.82) is 0 Å². The molecule has 1 aromatic heterocycles. The largest absolute Gasteiger partial charge is 0.494 e. The van der Waals surface area contributed by atoms with Gasteiger partial charge in [-0.05, 0) is 68.9 Å². The van der Waals surface area contributed by atoms with Crippen LogP contribution < -0.4 is 9.64 Å². The van der Waals surface area contributed by atoms with Gasteiger partial charge in [0.05, 0.1) is 16.8 Å². The second-order valence-corrected chi connectivity index (χ2v) is 7.92. The number of carbonyl (C=O) groups excluding carboxylic acids is 1. The molecule has 1 amide bonds. The van der Waals surface area contributed by atoms with Crippen LogP contribution in [0.1, 0.15) is 36.7 Å². The van der Waals surface area contributed by atoms with Crippen LogP contribution in [0.5, 0.6) is 5.75 Å². The Hall–Kier alpha value is -2.44. The molecule has 5 nitrogen and oxygen atoms in total. The molecule has 0 N–H and O–H groups in total. The minimum Gasteiger partial charge on any atom is -0.494 e. The van der Waals surface area contributed by atoms with Gasteiger partial charge in [0, 0.05) is 18.7 Å². The Morgan fingerprint density at radius 2 is 1.76 bits per heavy atom. The van der Waals surface area contributed by atoms with Crippen LogP contribution in [0.4, 0.5) is 5.13 Å². The predicted molar refractivity (Wildman–Crippen MR) is 121 cm³/mol. The molecule has 0 aliphatic carbocycles. The third kappa shape index (κ3) is 5.14. The summed E-state index contributed by atoms with van der Waals surface area (Å²) in [5.41, 5.74) is 2.77. The van der Waals surface area contributed by atoms with Gasteiger partial charge in [0.1, 0.15) is 5.75 Å². The van der Waals surface area contributed by atoms with Crippen molar-refractivity contribution in [3.8, 4) is 5.75 Å². The highest BCUT2D eigenvalue weighted by atomic mass is 32.1. The average molecular weight is 412 g/mol. The van der Waals surface area contributed by atoms with E-state index >= 15 is 0 Å². The number of benzene rings is 2. The van der Waals surface area contributed by atoms with E-state index in [1.165, 1.54) is 5.56 Å². The summed E-state index contributed by atoms with van der Waals surface area (Å²) in [6.45, 7) is 12.2. The van der Waals surface area contributed by atoms with Crippen LogP contribution in [-0.2, 0) is 0 Å². The van der Waals surface area contributed by atoms with Crippen LogP contribution >= 0.6 is 11.3 Å². The minimum absolute atomic E-state index is 0.0315. The first-order valence-corrected chi connectivity index (χ1v) is 11.0. The van der Waals surface area contributed by atoms with Gasteiger partial charge in [-0.15, -0.1) is 0 Å². The molecule has 3 aromatic rings. The van der Waals surface area contributed by atoms with Crippen LogP contribution in [0.15, 0.2) is 42.5 Å². The average Bonchev–Trinajstić information content (AvgIpc) is 3.14. The molecule has 154 valence electrons. The zero-order valence-corrected chi connectivity index (χ0v) is 18.5. The van der Waals surface area contributed by atoms with E-state index in [0.29, 0.717) is 18.7 Å². The lowest BCUT2D eigenvalue weighted by atomic mass is 10.2. The quantitative estimate of drug-likeness (QED) is 0.497. The van der Waals surface area contributed by atoms with Gasteiger partial charge in [-0.2, -0.15) is 0 Å². The highest BCUT2D eigenvalue weighted by Gasteiger charge is 2.22. The van der Waals surface area contributed by atoms with E-state index in [2.05, 4.69) is 37.8 Å². The van der Waals surface area contributed by atoms with Crippen molar-refractivity contribution >= 4 is 32.6 Å². The molecule has 0 fully saturated rings. The fourth-order valence-corrected chi connectivity index (χ4v) is 4.30. The molecule has 29 heavy (non-hydrogen) atoms. The van der Waals surface area contributed by atoms with Gasteiger partial charge >= 0.3 is 0 Å². The fourth-order valence-electron chi connectivity index (χ4n) is 3.22. The van der Waals surface area contributed by atoms with Crippen LogP contribution in [0.3, 0.4) is 0 Å². The normalized spacial score (nSPS) is 11.2. The standard InChI is InChI=1S/C23H29N3O2S/c1-5-25(6-2)14-15-26(22(27)18-9-11-19(12-10-18)28-7-3)23-24-20-13-8-17(4)16-21(20)29-23/h8-13,16H,5-7,14-15H2,1-4H3. The number of ether oxygens (including phenoxy) is 1. The first-order chi connectivity index (χ1) is 14.0. The Balaban J connectivity index is 1.91. The van der Waals surface area contributed by atoms with Crippen LogP contribution in [0.25, 0.3) is 10.2 Å². The van der Waals surface area contributed by atoms with E-state index in [-0.39, 0.29) is 5.91 Å². The second kappa shape index (κ2) is 9.85. The van der Waals surface area contributed by atoms with E-state index in [0.717, 1.165) is 40.7 Å². The molecule has 0 aliphatic heterocycles. The number of amides is 1. The Morgan fingerprint density at radius 3 is 2.41 bits per heavy atom. The van der Waals surface area contributed by atoms with Crippen LogP contribution in [0, 0.1) is 6.92 Å². The molecule has 0 unspecified atom stereocenters. The van der Waals surface area contributed by atoms with Crippen molar-refractivity contribution in [2.75, 3.05) is 37.7 Å². The van der Waals surface area contributed by atoms with E-state index in [1.807, 2.05) is 42.2 Å². The zero-order valence-electron chi connectivity index (χ0n) is 17.6. The number of aryl methyl sites for hydroxylation is 1. The number of hydrogen-bond donors (Lipinski definition) is 0. The Labute approximate surface area is 176 Å². The highest BCUT2D eigenvalue weighted by molar-refractivity contribution is 7.22. The Morgan fingerprint density at radius 1 is 1.03 bits per heavy atom. The number of likely N-dealkylation sites (N-methyl/N-ethyl adjacent to an activating group) is 1. The summed E-state index contributed by atoms with van der Waals surface area (Å²) < 4.78 is 6.61. The van der Waals surface area contributed by atoms with Crippen molar-refractivity contribution in [2.45, 2.75) is 27.7 Å². The van der Waals surface area contributed by atoms with Gasteiger partial charge in [0.2, 0.25) is 0 Å². The van der Waals surface area contributed by atoms with Crippen molar-refractivity contribution in [1.82, 2.24) is 9.88 Å². The lowest BCUT2D eigenvalue weighted by Gasteiger charge is -2.24. The van der Waals surface area contributed by atoms with Gasteiger partial charge in [-0.3, -0.25) is 9.69 Å². The predicted octanol–water partition coefficient (Wildman–Crippen LogP) is 4.99. The topological polar surface area (TPSA) is 45.7 Å². The number of fused-ring (bicyclic) bond motifs is 1. The van der Waals surface area contributed by atoms with E-state index in [9.17, 15) is 4.79 Å². The summed E-state index contributed by atoms with van der Waals surface area (Å²) in [5, 5.41) is 0.747. The lowest BCUT2D eigenvalue weighted by Crippen LogP contribution is -2.38. The van der Waals surface area contributed by atoms with E-state index in [1.54, 1.807) is 11.3 Å². The lowest BCUT2D eigenvalue weighted by molar-refractivity contribution is 0.0983. The Kier molecular flexibility index (Phi) is 7.23. The molecule has 3 rings (SSSR count). The van der Waals surface area contributed by atoms with Crippen molar-refractivity contribution < 1.29 is 9.53 Å². The fraction of sp³-hybridized carbons (Fsp3) is 0.391. The minimum atomic E-state index is -0.0315. The summed E-state index contributed by atoms with van der Waals surface area (Å²) in [5.74, 6) is 0.741. The van der Waals surface area contributed by atoms with E-state index in [4.69, 9.17) is 9.72 Å². The molecule has 6 heteroatoms. The molecule has 0 radical (unpaired) electrons. The molecule has 0 bridgehead atoms. The first-order valence-electron chi connectivity index (χ1n) is 10.2. The zero-order chi connectivity index (χ0) is 20.8. The first kappa shape index (κ1) is 21.3. The summed E-state index contributed by atoms with van der Waals surface area (Å²) in [6, 6.07) is 13.6. The number of carbonyl (C=O) groups is 1. The molecule has 0 spiro atoms. The summed E-state index contributed by atoms with van der Waals surface area (Å²) in [7, 11) is 0. The SMILES string of the molecule is CCOc1ccc(C(=O)N(CCN(CC)CC)c2nc3ccc(C)cc3s2)cc1. The number of anilines is 1. The van der Waals surface area contributed by atoms with Gasteiger partial charge in [0.25, 0.3) is 5.91 Å². The smallest absolute Gasteiger partial charge is 0.260 e. The van der Waals surface area contributed by atoms with E-state index < -0.39 is 0 Å². The molecule has 0 saturated carbocycles. The van der Waals surface area contributed by atoms with Gasteiger partial charge in [-0.25, -0.2) is 4.98 Å². The molecule has 0 atom stereocenters. The number of thiazole rings is 1.